The molecule has 0 saturated carbocycles. The molecule has 3 rings (SSSR count). The largest absolute Gasteiger partial charge is 0.493 e. The highest BCUT2D eigenvalue weighted by Crippen LogP contribution is 2.27. The van der Waals surface area contributed by atoms with Gasteiger partial charge >= 0.3 is 0 Å². The number of nitrogens with zero attached hydrogens (tertiary/aromatic N) is 4. The van der Waals surface area contributed by atoms with E-state index in [0.717, 1.165) is 11.1 Å². The van der Waals surface area contributed by atoms with Gasteiger partial charge < -0.3 is 40.6 Å². The zero-order valence-electron chi connectivity index (χ0n) is 20.7. The Balaban J connectivity index is 1.61. The third-order valence-electron chi connectivity index (χ3n) is 4.90. The lowest BCUT2D eigenvalue weighted by Crippen LogP contribution is -2.17. The highest BCUT2D eigenvalue weighted by molar-refractivity contribution is 5.46. The number of anilines is 3. The van der Waals surface area contributed by atoms with Gasteiger partial charge in [0.25, 0.3) is 0 Å². The number of ether oxygens (including phenoxy) is 4. The summed E-state index contributed by atoms with van der Waals surface area (Å²) in [5, 5.41) is 9.67. The molecular weight excluding hydrogens is 464 g/mol. The summed E-state index contributed by atoms with van der Waals surface area (Å²) in [4.78, 5) is 17.5. The summed E-state index contributed by atoms with van der Waals surface area (Å²) in [5.41, 5.74) is 7.44. The van der Waals surface area contributed by atoms with Gasteiger partial charge in [0.2, 0.25) is 17.8 Å². The zero-order valence-corrected chi connectivity index (χ0v) is 20.7. The Kier molecular flexibility index (Phi) is 11.4. The number of pyridine rings is 1. The van der Waals surface area contributed by atoms with E-state index in [1.807, 2.05) is 30.3 Å². The van der Waals surface area contributed by atoms with E-state index in [1.165, 1.54) is 0 Å². The van der Waals surface area contributed by atoms with Gasteiger partial charge in [-0.1, -0.05) is 6.07 Å². The minimum atomic E-state index is 0.426. The summed E-state index contributed by atoms with van der Waals surface area (Å²) in [6.07, 6.45) is 3.49. The van der Waals surface area contributed by atoms with Crippen molar-refractivity contribution in [2.75, 3.05) is 69.7 Å². The van der Waals surface area contributed by atoms with Crippen molar-refractivity contribution in [1.29, 1.82) is 0 Å². The van der Waals surface area contributed by atoms with Gasteiger partial charge in [0.05, 0.1) is 40.6 Å². The first-order chi connectivity index (χ1) is 17.7. The molecule has 0 unspecified atom stereocenters. The topological polar surface area (TPSA) is 151 Å². The Hall–Kier alpha value is -3.74. The molecule has 0 saturated heterocycles. The van der Waals surface area contributed by atoms with Crippen LogP contribution in [-0.2, 0) is 22.6 Å². The molecule has 2 aromatic heterocycles. The Morgan fingerprint density at radius 3 is 1.94 bits per heavy atom. The highest BCUT2D eigenvalue weighted by Gasteiger charge is 2.09. The summed E-state index contributed by atoms with van der Waals surface area (Å²) in [5.74, 6) is 2.62. The monoisotopic (exact) mass is 498 g/mol. The second-order valence-electron chi connectivity index (χ2n) is 7.50. The SMILES string of the molecule is COc1ccc(CNc2nc(NCCOCCOCCN)nc(NCc3ccncc3)n2)cc1OC. The first kappa shape index (κ1) is 26.9. The van der Waals surface area contributed by atoms with Gasteiger partial charge in [0.1, 0.15) is 0 Å². The number of hydrogen-bond acceptors (Lipinski definition) is 12. The maximum atomic E-state index is 5.56. The number of rotatable bonds is 17. The molecule has 12 heteroatoms. The number of nitrogens with two attached hydrogens (primary N) is 1. The molecule has 0 radical (unpaired) electrons. The molecular formula is C24H34N8O4. The van der Waals surface area contributed by atoms with Gasteiger partial charge in [-0.2, -0.15) is 15.0 Å². The molecule has 0 bridgehead atoms. The van der Waals surface area contributed by atoms with Gasteiger partial charge in [0.15, 0.2) is 11.5 Å². The molecule has 194 valence electrons. The predicted molar refractivity (Wildman–Crippen MR) is 137 cm³/mol. The first-order valence-corrected chi connectivity index (χ1v) is 11.6. The lowest BCUT2D eigenvalue weighted by molar-refractivity contribution is 0.0547. The van der Waals surface area contributed by atoms with Crippen LogP contribution in [0.1, 0.15) is 11.1 Å². The fourth-order valence-electron chi connectivity index (χ4n) is 3.11. The predicted octanol–water partition coefficient (Wildman–Crippen LogP) is 1.91. The van der Waals surface area contributed by atoms with E-state index < -0.39 is 0 Å². The summed E-state index contributed by atoms with van der Waals surface area (Å²) >= 11 is 0. The number of nitrogens with one attached hydrogen (secondary N) is 3. The van der Waals surface area contributed by atoms with Crippen LogP contribution in [0.2, 0.25) is 0 Å². The lowest BCUT2D eigenvalue weighted by Gasteiger charge is -2.13. The van der Waals surface area contributed by atoms with Crippen molar-refractivity contribution in [2.24, 2.45) is 5.73 Å². The first-order valence-electron chi connectivity index (χ1n) is 11.6. The van der Waals surface area contributed by atoms with Crippen LogP contribution in [0.3, 0.4) is 0 Å². The molecule has 36 heavy (non-hydrogen) atoms. The average molecular weight is 499 g/mol. The maximum Gasteiger partial charge on any atom is 0.229 e. The second kappa shape index (κ2) is 15.3. The van der Waals surface area contributed by atoms with E-state index in [2.05, 4.69) is 35.9 Å². The summed E-state index contributed by atoms with van der Waals surface area (Å²) in [6, 6.07) is 9.57. The number of benzene rings is 1. The van der Waals surface area contributed by atoms with Crippen molar-refractivity contribution in [3.63, 3.8) is 0 Å². The van der Waals surface area contributed by atoms with E-state index in [4.69, 9.17) is 24.7 Å². The Bertz CT molecular complexity index is 1040. The maximum absolute atomic E-state index is 5.56. The van der Waals surface area contributed by atoms with E-state index in [-0.39, 0.29) is 0 Å². The van der Waals surface area contributed by atoms with Gasteiger partial charge in [-0.3, -0.25) is 4.98 Å². The number of hydrogen-bond donors (Lipinski definition) is 4. The summed E-state index contributed by atoms with van der Waals surface area (Å²) in [6.45, 7) is 4.08. The normalized spacial score (nSPS) is 10.6. The van der Waals surface area contributed by atoms with Crippen LogP contribution in [-0.4, -0.2) is 73.7 Å². The van der Waals surface area contributed by atoms with Crippen molar-refractivity contribution in [3.05, 3.63) is 53.9 Å². The van der Waals surface area contributed by atoms with Crippen LogP contribution < -0.4 is 31.2 Å². The zero-order chi connectivity index (χ0) is 25.4. The van der Waals surface area contributed by atoms with Crippen LogP contribution >= 0.6 is 0 Å². The molecule has 0 fully saturated rings. The number of aromatic nitrogens is 4. The fraction of sp³-hybridized carbons (Fsp3) is 0.417. The smallest absolute Gasteiger partial charge is 0.229 e. The molecule has 0 aliphatic carbocycles. The average Bonchev–Trinajstić information content (AvgIpc) is 2.92. The molecule has 5 N–H and O–H groups in total. The molecule has 0 atom stereocenters. The molecule has 0 amide bonds. The van der Waals surface area contributed by atoms with Gasteiger partial charge in [-0.25, -0.2) is 0 Å². The standard InChI is InChI=1S/C24H34N8O4/c1-33-20-4-3-19(15-21(20)34-2)17-29-24-31-22(27-10-12-36-14-13-35-11-7-25)30-23(32-24)28-16-18-5-8-26-9-6-18/h3-6,8-9,15H,7,10-14,16-17,25H2,1-2H3,(H3,27,28,29,30,31,32). The van der Waals surface area contributed by atoms with E-state index in [1.54, 1.807) is 26.6 Å². The molecule has 3 aromatic rings. The minimum Gasteiger partial charge on any atom is -0.493 e. The third-order valence-corrected chi connectivity index (χ3v) is 4.90. The van der Waals surface area contributed by atoms with Crippen LogP contribution in [0.4, 0.5) is 17.8 Å². The van der Waals surface area contributed by atoms with Crippen molar-refractivity contribution in [3.8, 4) is 11.5 Å². The van der Waals surface area contributed by atoms with Crippen molar-refractivity contribution in [1.82, 2.24) is 19.9 Å². The fourth-order valence-corrected chi connectivity index (χ4v) is 3.11. The molecule has 12 nitrogen and oxygen atoms in total. The molecule has 0 aliphatic rings. The Morgan fingerprint density at radius 1 is 0.694 bits per heavy atom. The van der Waals surface area contributed by atoms with E-state index >= 15 is 0 Å². The minimum absolute atomic E-state index is 0.426. The van der Waals surface area contributed by atoms with Crippen molar-refractivity contribution in [2.45, 2.75) is 13.1 Å². The molecule has 0 aliphatic heterocycles. The van der Waals surface area contributed by atoms with Crippen LogP contribution in [0.25, 0.3) is 0 Å². The summed E-state index contributed by atoms with van der Waals surface area (Å²) < 4.78 is 21.5. The number of methoxy groups -OCH3 is 2. The van der Waals surface area contributed by atoms with E-state index in [0.29, 0.717) is 82.0 Å². The van der Waals surface area contributed by atoms with Crippen LogP contribution in [0.15, 0.2) is 42.7 Å². The van der Waals surface area contributed by atoms with Crippen molar-refractivity contribution < 1.29 is 18.9 Å². The van der Waals surface area contributed by atoms with E-state index in [9.17, 15) is 0 Å². The Labute approximate surface area is 211 Å². The highest BCUT2D eigenvalue weighted by atomic mass is 16.5. The summed E-state index contributed by atoms with van der Waals surface area (Å²) in [7, 11) is 3.22. The third kappa shape index (κ3) is 9.13. The van der Waals surface area contributed by atoms with Crippen molar-refractivity contribution >= 4 is 17.8 Å². The quantitative estimate of drug-likeness (QED) is 0.201. The van der Waals surface area contributed by atoms with Crippen LogP contribution in [0, 0.1) is 0 Å². The molecule has 1 aromatic carbocycles. The van der Waals surface area contributed by atoms with Crippen LogP contribution in [0.5, 0.6) is 11.5 Å². The van der Waals surface area contributed by atoms with Gasteiger partial charge in [-0.15, -0.1) is 0 Å². The lowest BCUT2D eigenvalue weighted by atomic mass is 10.2. The Morgan fingerprint density at radius 2 is 1.31 bits per heavy atom. The second-order valence-corrected chi connectivity index (χ2v) is 7.50. The van der Waals surface area contributed by atoms with Gasteiger partial charge in [0, 0.05) is 38.6 Å². The van der Waals surface area contributed by atoms with Gasteiger partial charge in [-0.05, 0) is 35.4 Å². The molecule has 0 spiro atoms. The molecule has 2 heterocycles.